The number of aliphatic imine (C=N–C) groups is 1. The molecule has 0 radical (unpaired) electrons. The van der Waals surface area contributed by atoms with Crippen LogP contribution in [0.25, 0.3) is 0 Å². The predicted octanol–water partition coefficient (Wildman–Crippen LogP) is 2.12. The third kappa shape index (κ3) is 5.49. The predicted molar refractivity (Wildman–Crippen MR) is 112 cm³/mol. The van der Waals surface area contributed by atoms with Crippen molar-refractivity contribution in [2.75, 3.05) is 33.3 Å². The van der Waals surface area contributed by atoms with E-state index in [-0.39, 0.29) is 12.5 Å². The van der Waals surface area contributed by atoms with Gasteiger partial charge in [0.1, 0.15) is 12.4 Å². The lowest BCUT2D eigenvalue weighted by atomic mass is 10.00. The zero-order valence-corrected chi connectivity index (χ0v) is 16.6. The van der Waals surface area contributed by atoms with Gasteiger partial charge in [-0.1, -0.05) is 42.0 Å². The van der Waals surface area contributed by atoms with Crippen molar-refractivity contribution in [1.82, 2.24) is 15.5 Å². The number of carbonyl (C=O) groups excluding carboxylic acids is 1. The van der Waals surface area contributed by atoms with E-state index in [1.807, 2.05) is 42.2 Å². The minimum absolute atomic E-state index is 0.0772. The van der Waals surface area contributed by atoms with E-state index in [1.165, 1.54) is 16.7 Å². The lowest BCUT2D eigenvalue weighted by Crippen LogP contribution is -2.46. The molecule has 2 N–H and O–H groups in total. The van der Waals surface area contributed by atoms with Crippen molar-refractivity contribution in [1.29, 1.82) is 0 Å². The molecule has 0 aromatic heterocycles. The molecule has 28 heavy (non-hydrogen) atoms. The Hall–Kier alpha value is -3.02. The van der Waals surface area contributed by atoms with Crippen LogP contribution < -0.4 is 15.4 Å². The fraction of sp³-hybridized carbons (Fsp3) is 0.364. The third-order valence-electron chi connectivity index (χ3n) is 4.80. The van der Waals surface area contributed by atoms with E-state index in [0.29, 0.717) is 25.7 Å². The van der Waals surface area contributed by atoms with Crippen molar-refractivity contribution in [2.24, 2.45) is 4.99 Å². The first-order valence-electron chi connectivity index (χ1n) is 9.64. The molecule has 148 valence electrons. The standard InChI is InChI=1S/C22H28N4O2/c1-17-7-9-20(10-8-17)28-14-12-24-22(23-2)25-15-21(27)26-13-11-18-5-3-4-6-19(18)16-26/h3-10H,11-16H2,1-2H3,(H2,23,24,25). The number of ether oxygens (including phenoxy) is 1. The van der Waals surface area contributed by atoms with E-state index < -0.39 is 0 Å². The first-order valence-corrected chi connectivity index (χ1v) is 9.64. The molecule has 1 amide bonds. The average Bonchev–Trinajstić information content (AvgIpc) is 2.74. The Labute approximate surface area is 166 Å². The van der Waals surface area contributed by atoms with Crippen LogP contribution in [0, 0.1) is 6.92 Å². The average molecular weight is 380 g/mol. The smallest absolute Gasteiger partial charge is 0.242 e. The zero-order valence-electron chi connectivity index (χ0n) is 16.6. The Morgan fingerprint density at radius 2 is 1.86 bits per heavy atom. The van der Waals surface area contributed by atoms with Crippen molar-refractivity contribution in [3.8, 4) is 5.75 Å². The van der Waals surface area contributed by atoms with Gasteiger partial charge >= 0.3 is 0 Å². The van der Waals surface area contributed by atoms with Crippen LogP contribution in [0.3, 0.4) is 0 Å². The molecule has 1 heterocycles. The fourth-order valence-electron chi connectivity index (χ4n) is 3.17. The Morgan fingerprint density at radius 1 is 1.11 bits per heavy atom. The van der Waals surface area contributed by atoms with Crippen LogP contribution in [-0.2, 0) is 17.8 Å². The van der Waals surface area contributed by atoms with Crippen LogP contribution in [0.2, 0.25) is 0 Å². The van der Waals surface area contributed by atoms with Crippen molar-refractivity contribution in [2.45, 2.75) is 19.9 Å². The molecule has 0 aliphatic carbocycles. The van der Waals surface area contributed by atoms with Crippen LogP contribution in [0.1, 0.15) is 16.7 Å². The van der Waals surface area contributed by atoms with Gasteiger partial charge in [-0.05, 0) is 36.6 Å². The topological polar surface area (TPSA) is 66.0 Å². The number of rotatable bonds is 6. The van der Waals surface area contributed by atoms with E-state index in [9.17, 15) is 4.79 Å². The molecular weight excluding hydrogens is 352 g/mol. The van der Waals surface area contributed by atoms with E-state index in [4.69, 9.17) is 4.74 Å². The van der Waals surface area contributed by atoms with Gasteiger partial charge in [-0.25, -0.2) is 0 Å². The summed E-state index contributed by atoms with van der Waals surface area (Å²) < 4.78 is 5.69. The zero-order chi connectivity index (χ0) is 19.8. The van der Waals surface area contributed by atoms with Gasteiger partial charge in [-0.15, -0.1) is 0 Å². The van der Waals surface area contributed by atoms with Gasteiger partial charge in [0, 0.05) is 20.1 Å². The summed E-state index contributed by atoms with van der Waals surface area (Å²) in [5.74, 6) is 1.52. The monoisotopic (exact) mass is 380 g/mol. The quantitative estimate of drug-likeness (QED) is 0.458. The van der Waals surface area contributed by atoms with Crippen molar-refractivity contribution in [3.63, 3.8) is 0 Å². The maximum absolute atomic E-state index is 12.5. The molecule has 0 unspecified atom stereocenters. The summed E-state index contributed by atoms with van der Waals surface area (Å²) in [5.41, 5.74) is 3.78. The summed E-state index contributed by atoms with van der Waals surface area (Å²) >= 11 is 0. The van der Waals surface area contributed by atoms with Gasteiger partial charge in [0.2, 0.25) is 5.91 Å². The summed E-state index contributed by atoms with van der Waals surface area (Å²) in [7, 11) is 1.69. The number of benzene rings is 2. The number of guanidine groups is 1. The molecule has 0 atom stereocenters. The van der Waals surface area contributed by atoms with Crippen LogP contribution in [0.5, 0.6) is 5.75 Å². The van der Waals surface area contributed by atoms with Gasteiger partial charge in [0.05, 0.1) is 13.1 Å². The second-order valence-corrected chi connectivity index (χ2v) is 6.85. The minimum Gasteiger partial charge on any atom is -0.492 e. The molecule has 6 nitrogen and oxygen atoms in total. The summed E-state index contributed by atoms with van der Waals surface area (Å²) in [6.07, 6.45) is 0.908. The molecule has 1 aliphatic heterocycles. The van der Waals surface area contributed by atoms with Gasteiger partial charge < -0.3 is 20.3 Å². The lowest BCUT2D eigenvalue weighted by Gasteiger charge is -2.29. The molecule has 6 heteroatoms. The first kappa shape index (κ1) is 19.7. The van der Waals surface area contributed by atoms with Crippen molar-refractivity contribution >= 4 is 11.9 Å². The molecule has 0 spiro atoms. The van der Waals surface area contributed by atoms with E-state index in [0.717, 1.165) is 18.7 Å². The second-order valence-electron chi connectivity index (χ2n) is 6.85. The normalized spacial score (nSPS) is 13.6. The van der Waals surface area contributed by atoms with Crippen LogP contribution in [-0.4, -0.2) is 50.1 Å². The SMILES string of the molecule is CN=C(NCCOc1ccc(C)cc1)NCC(=O)N1CCc2ccccc2C1. The van der Waals surface area contributed by atoms with Gasteiger partial charge in [-0.3, -0.25) is 9.79 Å². The third-order valence-corrected chi connectivity index (χ3v) is 4.80. The number of fused-ring (bicyclic) bond motifs is 1. The first-order chi connectivity index (χ1) is 13.7. The van der Waals surface area contributed by atoms with Crippen LogP contribution in [0.4, 0.5) is 0 Å². The van der Waals surface area contributed by atoms with E-state index >= 15 is 0 Å². The molecule has 2 aromatic carbocycles. The van der Waals surface area contributed by atoms with E-state index in [2.05, 4.69) is 33.8 Å². The summed E-state index contributed by atoms with van der Waals surface area (Å²) in [6.45, 7) is 4.81. The largest absolute Gasteiger partial charge is 0.492 e. The highest BCUT2D eigenvalue weighted by atomic mass is 16.5. The Bertz CT molecular complexity index is 818. The molecule has 3 rings (SSSR count). The maximum atomic E-state index is 12.5. The molecular formula is C22H28N4O2. The van der Waals surface area contributed by atoms with Crippen LogP contribution >= 0.6 is 0 Å². The number of hydrogen-bond acceptors (Lipinski definition) is 3. The highest BCUT2D eigenvalue weighted by Crippen LogP contribution is 2.18. The number of nitrogens with one attached hydrogen (secondary N) is 2. The number of nitrogens with zero attached hydrogens (tertiary/aromatic N) is 2. The van der Waals surface area contributed by atoms with Gasteiger partial charge in [-0.2, -0.15) is 0 Å². The Balaban J connectivity index is 1.38. The second kappa shape index (κ2) is 9.78. The number of hydrogen-bond donors (Lipinski definition) is 2. The number of aryl methyl sites for hydroxylation is 1. The molecule has 0 saturated heterocycles. The minimum atomic E-state index is 0.0772. The van der Waals surface area contributed by atoms with Crippen molar-refractivity contribution < 1.29 is 9.53 Å². The highest BCUT2D eigenvalue weighted by molar-refractivity contribution is 5.86. The maximum Gasteiger partial charge on any atom is 0.242 e. The molecule has 2 aromatic rings. The lowest BCUT2D eigenvalue weighted by molar-refractivity contribution is -0.130. The van der Waals surface area contributed by atoms with Gasteiger partial charge in [0.25, 0.3) is 0 Å². The Morgan fingerprint density at radius 3 is 2.61 bits per heavy atom. The molecule has 0 saturated carbocycles. The molecule has 0 bridgehead atoms. The van der Waals surface area contributed by atoms with Crippen molar-refractivity contribution in [3.05, 3.63) is 65.2 Å². The molecule has 1 aliphatic rings. The fourth-order valence-corrected chi connectivity index (χ4v) is 3.17. The Kier molecular flexibility index (Phi) is 6.89. The van der Waals surface area contributed by atoms with E-state index in [1.54, 1.807) is 7.05 Å². The molecule has 0 fully saturated rings. The highest BCUT2D eigenvalue weighted by Gasteiger charge is 2.20. The summed E-state index contributed by atoms with van der Waals surface area (Å²) in [5, 5.41) is 6.26. The van der Waals surface area contributed by atoms with Crippen LogP contribution in [0.15, 0.2) is 53.5 Å². The summed E-state index contributed by atoms with van der Waals surface area (Å²) in [6, 6.07) is 16.3. The summed E-state index contributed by atoms with van der Waals surface area (Å²) in [4.78, 5) is 18.6. The number of amides is 1. The van der Waals surface area contributed by atoms with Gasteiger partial charge in [0.15, 0.2) is 5.96 Å². The number of carbonyl (C=O) groups is 1.